The predicted octanol–water partition coefficient (Wildman–Crippen LogP) is 3.26. The Morgan fingerprint density at radius 1 is 1.22 bits per heavy atom. The third-order valence-corrected chi connectivity index (χ3v) is 4.57. The number of anilines is 1. The van der Waals surface area contributed by atoms with Gasteiger partial charge in [0.2, 0.25) is 0 Å². The molecule has 2 amide bonds. The minimum atomic E-state index is -0.259. The fraction of sp³-hybridized carbons (Fsp3) is 0.556. The summed E-state index contributed by atoms with van der Waals surface area (Å²) in [6.07, 6.45) is 5.20. The number of nitrogens with one attached hydrogen (secondary N) is 2. The van der Waals surface area contributed by atoms with Gasteiger partial charge in [-0.05, 0) is 50.5 Å². The fourth-order valence-electron chi connectivity index (χ4n) is 3.26. The Balaban J connectivity index is 1.98. The van der Waals surface area contributed by atoms with E-state index < -0.39 is 0 Å². The topological polar surface area (TPSA) is 78.4 Å². The molecule has 5 heteroatoms. The number of ketones is 1. The van der Waals surface area contributed by atoms with E-state index in [9.17, 15) is 14.7 Å². The van der Waals surface area contributed by atoms with Crippen LogP contribution in [0, 0.1) is 12.8 Å². The zero-order valence-electron chi connectivity index (χ0n) is 13.9. The van der Waals surface area contributed by atoms with Gasteiger partial charge in [0.1, 0.15) is 0 Å². The molecule has 1 aromatic carbocycles. The second-order valence-corrected chi connectivity index (χ2v) is 6.37. The van der Waals surface area contributed by atoms with E-state index in [0.717, 1.165) is 37.7 Å². The summed E-state index contributed by atoms with van der Waals surface area (Å²) in [6, 6.07) is 5.02. The molecule has 0 bridgehead atoms. The lowest BCUT2D eigenvalue weighted by Crippen LogP contribution is -2.43. The van der Waals surface area contributed by atoms with Crippen molar-refractivity contribution in [3.63, 3.8) is 0 Å². The Kier molecular flexibility index (Phi) is 6.16. The summed E-state index contributed by atoms with van der Waals surface area (Å²) in [5.41, 5.74) is 2.18. The van der Waals surface area contributed by atoms with Crippen molar-refractivity contribution in [2.45, 2.75) is 52.0 Å². The highest BCUT2D eigenvalue weighted by molar-refractivity contribution is 5.96. The van der Waals surface area contributed by atoms with Gasteiger partial charge in [-0.25, -0.2) is 4.79 Å². The number of benzene rings is 1. The molecule has 0 radical (unpaired) electrons. The number of carbonyl (C=O) groups excluding carboxylic acids is 2. The van der Waals surface area contributed by atoms with Crippen molar-refractivity contribution in [3.8, 4) is 0 Å². The number of hydrogen-bond donors (Lipinski definition) is 3. The number of rotatable bonds is 4. The highest BCUT2D eigenvalue weighted by Crippen LogP contribution is 2.23. The molecule has 0 saturated heterocycles. The molecule has 1 fully saturated rings. The average molecular weight is 318 g/mol. The zero-order chi connectivity index (χ0) is 16.8. The molecular weight excluding hydrogens is 292 g/mol. The summed E-state index contributed by atoms with van der Waals surface area (Å²) in [6.45, 7) is 3.49. The third kappa shape index (κ3) is 4.79. The molecule has 2 rings (SSSR count). The van der Waals surface area contributed by atoms with Gasteiger partial charge in [-0.15, -0.1) is 0 Å². The molecule has 0 aromatic heterocycles. The van der Waals surface area contributed by atoms with Crippen molar-refractivity contribution >= 4 is 17.5 Å². The Morgan fingerprint density at radius 3 is 2.61 bits per heavy atom. The molecular formula is C18H26N2O3. The van der Waals surface area contributed by atoms with Gasteiger partial charge in [0.15, 0.2) is 5.78 Å². The van der Waals surface area contributed by atoms with Crippen LogP contribution in [0.3, 0.4) is 0 Å². The van der Waals surface area contributed by atoms with Crippen molar-refractivity contribution in [2.75, 3.05) is 11.9 Å². The molecule has 1 aromatic rings. The standard InChI is InChI=1S/C18H26N2O3/c1-12-10-15(8-9-16(12)13(2)22)19-18(23)20-17-7-5-3-4-6-14(17)11-21/h8-10,14,17,21H,3-7,11H2,1-2H3,(H2,19,20,23). The second kappa shape index (κ2) is 8.11. The lowest BCUT2D eigenvalue weighted by atomic mass is 9.96. The zero-order valence-corrected chi connectivity index (χ0v) is 13.9. The molecule has 1 saturated carbocycles. The Hall–Kier alpha value is -1.88. The quantitative estimate of drug-likeness (QED) is 0.589. The van der Waals surface area contributed by atoms with E-state index >= 15 is 0 Å². The first-order valence-corrected chi connectivity index (χ1v) is 8.31. The molecule has 0 heterocycles. The number of amides is 2. The van der Waals surface area contributed by atoms with Crippen LogP contribution in [0.2, 0.25) is 0 Å². The van der Waals surface area contributed by atoms with E-state index in [1.54, 1.807) is 18.2 Å². The first-order chi connectivity index (χ1) is 11.0. The highest BCUT2D eigenvalue weighted by Gasteiger charge is 2.24. The first kappa shape index (κ1) is 17.5. The monoisotopic (exact) mass is 318 g/mol. The van der Waals surface area contributed by atoms with Crippen LogP contribution in [-0.2, 0) is 0 Å². The van der Waals surface area contributed by atoms with Crippen LogP contribution in [0.25, 0.3) is 0 Å². The molecule has 126 valence electrons. The van der Waals surface area contributed by atoms with E-state index in [-0.39, 0.29) is 30.4 Å². The average Bonchev–Trinajstić information content (AvgIpc) is 2.71. The summed E-state index contributed by atoms with van der Waals surface area (Å²) in [7, 11) is 0. The Bertz CT molecular complexity index is 571. The van der Waals surface area contributed by atoms with Crippen molar-refractivity contribution < 1.29 is 14.7 Å². The van der Waals surface area contributed by atoms with E-state index in [2.05, 4.69) is 10.6 Å². The minimum absolute atomic E-state index is 0.0140. The van der Waals surface area contributed by atoms with Gasteiger partial charge in [0.05, 0.1) is 0 Å². The maximum absolute atomic E-state index is 12.2. The summed E-state index contributed by atoms with van der Waals surface area (Å²) < 4.78 is 0. The van der Waals surface area contributed by atoms with Crippen LogP contribution in [0.15, 0.2) is 18.2 Å². The summed E-state index contributed by atoms with van der Waals surface area (Å²) >= 11 is 0. The summed E-state index contributed by atoms with van der Waals surface area (Å²) in [5, 5.41) is 15.3. The van der Waals surface area contributed by atoms with Crippen molar-refractivity contribution in [3.05, 3.63) is 29.3 Å². The van der Waals surface area contributed by atoms with Crippen LogP contribution >= 0.6 is 0 Å². The van der Waals surface area contributed by atoms with E-state index in [1.165, 1.54) is 6.92 Å². The number of aliphatic hydroxyl groups excluding tert-OH is 1. The lowest BCUT2D eigenvalue weighted by Gasteiger charge is -2.24. The van der Waals surface area contributed by atoms with Gasteiger partial charge >= 0.3 is 6.03 Å². The van der Waals surface area contributed by atoms with Gasteiger partial charge in [-0.2, -0.15) is 0 Å². The number of carbonyl (C=O) groups is 2. The van der Waals surface area contributed by atoms with Gasteiger partial charge in [-0.1, -0.05) is 19.3 Å². The minimum Gasteiger partial charge on any atom is -0.396 e. The van der Waals surface area contributed by atoms with Gasteiger partial charge in [0.25, 0.3) is 0 Å². The first-order valence-electron chi connectivity index (χ1n) is 8.31. The SMILES string of the molecule is CC(=O)c1ccc(NC(=O)NC2CCCCCC2CO)cc1C. The Labute approximate surface area is 137 Å². The lowest BCUT2D eigenvalue weighted by molar-refractivity contribution is 0.101. The molecule has 23 heavy (non-hydrogen) atoms. The summed E-state index contributed by atoms with van der Waals surface area (Å²) in [5.74, 6) is 0.146. The molecule has 0 aliphatic heterocycles. The fourth-order valence-corrected chi connectivity index (χ4v) is 3.26. The number of Topliss-reactive ketones (excluding diaryl/α,β-unsaturated/α-hetero) is 1. The number of aliphatic hydroxyl groups is 1. The van der Waals surface area contributed by atoms with Crippen LogP contribution in [-0.4, -0.2) is 29.6 Å². The van der Waals surface area contributed by atoms with E-state index in [0.29, 0.717) is 11.3 Å². The predicted molar refractivity (Wildman–Crippen MR) is 90.8 cm³/mol. The Morgan fingerprint density at radius 2 is 1.96 bits per heavy atom. The van der Waals surface area contributed by atoms with Gasteiger partial charge < -0.3 is 15.7 Å². The smallest absolute Gasteiger partial charge is 0.319 e. The maximum atomic E-state index is 12.2. The number of hydrogen-bond acceptors (Lipinski definition) is 3. The molecule has 1 aliphatic carbocycles. The molecule has 0 spiro atoms. The van der Waals surface area contributed by atoms with E-state index in [4.69, 9.17) is 0 Å². The third-order valence-electron chi connectivity index (χ3n) is 4.57. The number of urea groups is 1. The maximum Gasteiger partial charge on any atom is 0.319 e. The molecule has 3 N–H and O–H groups in total. The van der Waals surface area contributed by atoms with Crippen LogP contribution in [0.1, 0.15) is 54.9 Å². The summed E-state index contributed by atoms with van der Waals surface area (Å²) in [4.78, 5) is 23.7. The van der Waals surface area contributed by atoms with Crippen LogP contribution in [0.5, 0.6) is 0 Å². The second-order valence-electron chi connectivity index (χ2n) is 6.37. The van der Waals surface area contributed by atoms with Crippen LogP contribution in [0.4, 0.5) is 10.5 Å². The number of aryl methyl sites for hydroxylation is 1. The molecule has 2 unspecified atom stereocenters. The van der Waals surface area contributed by atoms with Crippen molar-refractivity contribution in [1.82, 2.24) is 5.32 Å². The van der Waals surface area contributed by atoms with E-state index in [1.807, 2.05) is 6.92 Å². The van der Waals surface area contributed by atoms with Crippen molar-refractivity contribution in [2.24, 2.45) is 5.92 Å². The highest BCUT2D eigenvalue weighted by atomic mass is 16.3. The largest absolute Gasteiger partial charge is 0.396 e. The van der Waals surface area contributed by atoms with Crippen molar-refractivity contribution in [1.29, 1.82) is 0 Å². The normalized spacial score (nSPS) is 21.3. The van der Waals surface area contributed by atoms with Gasteiger partial charge in [0, 0.05) is 29.8 Å². The van der Waals surface area contributed by atoms with Gasteiger partial charge in [-0.3, -0.25) is 4.79 Å². The molecule has 1 aliphatic rings. The molecule has 5 nitrogen and oxygen atoms in total. The molecule has 2 atom stereocenters. The van der Waals surface area contributed by atoms with Crippen LogP contribution < -0.4 is 10.6 Å².